The van der Waals surface area contributed by atoms with Gasteiger partial charge in [0.1, 0.15) is 5.76 Å². The van der Waals surface area contributed by atoms with Gasteiger partial charge in [0.05, 0.1) is 6.04 Å². The van der Waals surface area contributed by atoms with Gasteiger partial charge in [-0.05, 0) is 28.8 Å². The predicted molar refractivity (Wildman–Crippen MR) is 65.3 cm³/mol. The lowest BCUT2D eigenvalue weighted by Gasteiger charge is -2.08. The smallest absolute Gasteiger partial charge is 0.102 e. The minimum atomic E-state index is -0.372. The van der Waals surface area contributed by atoms with Crippen molar-refractivity contribution in [2.24, 2.45) is 5.73 Å². The van der Waals surface area contributed by atoms with Gasteiger partial charge in [0.15, 0.2) is 0 Å². The Morgan fingerprint density at radius 3 is 2.93 bits per heavy atom. The van der Waals surface area contributed by atoms with E-state index in [9.17, 15) is 5.11 Å². The Hall–Kier alpha value is -1.32. The fourth-order valence-electron chi connectivity index (χ4n) is 1.55. The third-order valence-corrected chi connectivity index (χ3v) is 3.44. The van der Waals surface area contributed by atoms with E-state index in [1.54, 1.807) is 11.3 Å². The molecule has 1 aromatic carbocycles. The summed E-state index contributed by atoms with van der Waals surface area (Å²) in [5.74, 6) is 0.0466. The molecule has 0 aliphatic heterocycles. The maximum atomic E-state index is 9.18. The molecule has 78 valence electrons. The molecule has 1 aromatic heterocycles. The van der Waals surface area contributed by atoms with Gasteiger partial charge in [-0.1, -0.05) is 24.8 Å². The van der Waals surface area contributed by atoms with E-state index in [4.69, 9.17) is 5.73 Å². The highest BCUT2D eigenvalue weighted by Crippen LogP contribution is 2.26. The number of benzene rings is 1. The van der Waals surface area contributed by atoms with Crippen LogP contribution in [0.4, 0.5) is 0 Å². The molecule has 2 nitrogen and oxygen atoms in total. The summed E-state index contributed by atoms with van der Waals surface area (Å²) >= 11 is 1.70. The zero-order valence-electron chi connectivity index (χ0n) is 8.31. The molecular formula is C12H13NOS. The van der Waals surface area contributed by atoms with Crippen LogP contribution in [0.2, 0.25) is 0 Å². The lowest BCUT2D eigenvalue weighted by molar-refractivity contribution is 0.369. The van der Waals surface area contributed by atoms with Crippen LogP contribution in [0.25, 0.3) is 10.1 Å². The summed E-state index contributed by atoms with van der Waals surface area (Å²) in [6.45, 7) is 3.45. The summed E-state index contributed by atoms with van der Waals surface area (Å²) in [5, 5.41) is 12.5. The molecule has 0 amide bonds. The van der Waals surface area contributed by atoms with Crippen molar-refractivity contribution in [2.75, 3.05) is 0 Å². The minimum Gasteiger partial charge on any atom is -0.511 e. The Kier molecular flexibility index (Phi) is 2.75. The van der Waals surface area contributed by atoms with Crippen LogP contribution in [0.5, 0.6) is 0 Å². The summed E-state index contributed by atoms with van der Waals surface area (Å²) in [6, 6.07) is 7.82. The van der Waals surface area contributed by atoms with Gasteiger partial charge in [-0.2, -0.15) is 0 Å². The Morgan fingerprint density at radius 2 is 2.20 bits per heavy atom. The Bertz CT molecular complexity index is 489. The van der Waals surface area contributed by atoms with Crippen LogP contribution in [0.15, 0.2) is 42.0 Å². The van der Waals surface area contributed by atoms with E-state index in [1.165, 1.54) is 15.6 Å². The Balaban J connectivity index is 2.32. The SMILES string of the molecule is C=C(O)C(N)Cc1csc2ccccc12. The highest BCUT2D eigenvalue weighted by Gasteiger charge is 2.10. The van der Waals surface area contributed by atoms with E-state index in [0.717, 1.165) is 0 Å². The third-order valence-electron chi connectivity index (χ3n) is 2.43. The van der Waals surface area contributed by atoms with Gasteiger partial charge in [0.25, 0.3) is 0 Å². The van der Waals surface area contributed by atoms with Crippen molar-refractivity contribution in [3.63, 3.8) is 0 Å². The normalized spacial score (nSPS) is 12.9. The highest BCUT2D eigenvalue weighted by atomic mass is 32.1. The second-order valence-electron chi connectivity index (χ2n) is 3.56. The zero-order valence-corrected chi connectivity index (χ0v) is 9.13. The monoisotopic (exact) mass is 219 g/mol. The molecule has 3 heteroatoms. The van der Waals surface area contributed by atoms with Crippen molar-refractivity contribution in [1.82, 2.24) is 0 Å². The molecular weight excluding hydrogens is 206 g/mol. The van der Waals surface area contributed by atoms with E-state index >= 15 is 0 Å². The number of rotatable bonds is 3. The molecule has 0 aliphatic carbocycles. The number of aliphatic hydroxyl groups excluding tert-OH is 1. The maximum absolute atomic E-state index is 9.18. The first-order chi connectivity index (χ1) is 7.18. The van der Waals surface area contributed by atoms with Crippen molar-refractivity contribution in [3.05, 3.63) is 47.5 Å². The molecule has 0 saturated carbocycles. The van der Waals surface area contributed by atoms with Crippen LogP contribution >= 0.6 is 11.3 Å². The zero-order chi connectivity index (χ0) is 10.8. The first-order valence-corrected chi connectivity index (χ1v) is 5.65. The van der Waals surface area contributed by atoms with Crippen LogP contribution < -0.4 is 5.73 Å². The lowest BCUT2D eigenvalue weighted by atomic mass is 10.0. The van der Waals surface area contributed by atoms with Crippen molar-refractivity contribution in [2.45, 2.75) is 12.5 Å². The summed E-state index contributed by atoms with van der Waals surface area (Å²) < 4.78 is 1.25. The van der Waals surface area contributed by atoms with Crippen LogP contribution in [-0.2, 0) is 6.42 Å². The number of hydrogen-bond acceptors (Lipinski definition) is 3. The van der Waals surface area contributed by atoms with Crippen molar-refractivity contribution >= 4 is 21.4 Å². The van der Waals surface area contributed by atoms with Gasteiger partial charge in [-0.3, -0.25) is 0 Å². The van der Waals surface area contributed by atoms with Crippen molar-refractivity contribution in [3.8, 4) is 0 Å². The molecule has 1 heterocycles. The average molecular weight is 219 g/mol. The van der Waals surface area contributed by atoms with Gasteiger partial charge in [-0.25, -0.2) is 0 Å². The van der Waals surface area contributed by atoms with Gasteiger partial charge in [0.2, 0.25) is 0 Å². The predicted octanol–water partition coefficient (Wildman–Crippen LogP) is 2.84. The molecule has 3 N–H and O–H groups in total. The van der Waals surface area contributed by atoms with E-state index in [0.29, 0.717) is 6.42 Å². The fraction of sp³-hybridized carbons (Fsp3) is 0.167. The molecule has 2 aromatic rings. The van der Waals surface area contributed by atoms with E-state index in [-0.39, 0.29) is 11.8 Å². The summed E-state index contributed by atoms with van der Waals surface area (Å²) in [6.07, 6.45) is 0.638. The number of fused-ring (bicyclic) bond motifs is 1. The van der Waals surface area contributed by atoms with Gasteiger partial charge in [0, 0.05) is 4.70 Å². The topological polar surface area (TPSA) is 46.2 Å². The molecule has 0 fully saturated rings. The highest BCUT2D eigenvalue weighted by molar-refractivity contribution is 7.17. The molecule has 0 radical (unpaired) electrons. The van der Waals surface area contributed by atoms with E-state index < -0.39 is 0 Å². The summed E-state index contributed by atoms with van der Waals surface area (Å²) in [7, 11) is 0. The number of aliphatic hydroxyl groups is 1. The molecule has 0 bridgehead atoms. The molecule has 0 aliphatic rings. The van der Waals surface area contributed by atoms with Gasteiger partial charge >= 0.3 is 0 Å². The number of thiophene rings is 1. The number of nitrogens with two attached hydrogens (primary N) is 1. The summed E-state index contributed by atoms with van der Waals surface area (Å²) in [5.41, 5.74) is 6.93. The second-order valence-corrected chi connectivity index (χ2v) is 4.47. The lowest BCUT2D eigenvalue weighted by Crippen LogP contribution is -2.24. The van der Waals surface area contributed by atoms with Crippen molar-refractivity contribution in [1.29, 1.82) is 0 Å². The first-order valence-electron chi connectivity index (χ1n) is 4.77. The molecule has 1 unspecified atom stereocenters. The quantitative estimate of drug-likeness (QED) is 0.780. The van der Waals surface area contributed by atoms with Crippen LogP contribution in [0, 0.1) is 0 Å². The number of hydrogen-bond donors (Lipinski definition) is 2. The van der Waals surface area contributed by atoms with Gasteiger partial charge < -0.3 is 10.8 Å². The molecule has 0 saturated heterocycles. The average Bonchev–Trinajstić information content (AvgIpc) is 2.62. The van der Waals surface area contributed by atoms with Crippen LogP contribution in [0.3, 0.4) is 0 Å². The third kappa shape index (κ3) is 2.03. The first kappa shape index (κ1) is 10.2. The molecule has 2 rings (SSSR count). The van der Waals surface area contributed by atoms with Gasteiger partial charge in [-0.15, -0.1) is 11.3 Å². The Morgan fingerprint density at radius 1 is 1.47 bits per heavy atom. The molecule has 15 heavy (non-hydrogen) atoms. The minimum absolute atomic E-state index is 0.0466. The summed E-state index contributed by atoms with van der Waals surface area (Å²) in [4.78, 5) is 0. The maximum Gasteiger partial charge on any atom is 0.102 e. The largest absolute Gasteiger partial charge is 0.511 e. The van der Waals surface area contributed by atoms with Crippen LogP contribution in [0.1, 0.15) is 5.56 Å². The second kappa shape index (κ2) is 4.04. The standard InChI is InChI=1S/C12H13NOS/c1-8(14)11(13)6-9-7-15-12-5-3-2-4-10(9)12/h2-5,7,11,14H,1,6,13H2. The molecule has 1 atom stereocenters. The van der Waals surface area contributed by atoms with Crippen molar-refractivity contribution < 1.29 is 5.11 Å². The van der Waals surface area contributed by atoms with Crippen LogP contribution in [-0.4, -0.2) is 11.1 Å². The Labute approximate surface area is 92.7 Å². The molecule has 0 spiro atoms. The van der Waals surface area contributed by atoms with E-state index in [2.05, 4.69) is 24.1 Å². The van der Waals surface area contributed by atoms with E-state index in [1.807, 2.05) is 12.1 Å². The fourth-order valence-corrected chi connectivity index (χ4v) is 2.52.